The Bertz CT molecular complexity index is 620. The summed E-state index contributed by atoms with van der Waals surface area (Å²) in [5.74, 6) is -0.310. The third-order valence-electron chi connectivity index (χ3n) is 3.03. The number of benzene rings is 1. The van der Waals surface area contributed by atoms with Crippen molar-refractivity contribution in [2.45, 2.75) is 13.3 Å². The smallest absolute Gasteiger partial charge is 0.273 e. The van der Waals surface area contributed by atoms with Crippen molar-refractivity contribution < 1.29 is 14.1 Å². The fraction of sp³-hybridized carbons (Fsp3) is 0.214. The van der Waals surface area contributed by atoms with Gasteiger partial charge in [-0.25, -0.2) is 0 Å². The van der Waals surface area contributed by atoms with Crippen molar-refractivity contribution in [2.24, 2.45) is 0 Å². The first-order valence-electron chi connectivity index (χ1n) is 6.13. The SMILES string of the molecule is Cc1c(C(=O)NCCc2ccoc2)cccc1[N+](=O)[O-]. The summed E-state index contributed by atoms with van der Waals surface area (Å²) in [7, 11) is 0. The van der Waals surface area contributed by atoms with Crippen LogP contribution in [0.5, 0.6) is 0 Å². The molecule has 1 amide bonds. The highest BCUT2D eigenvalue weighted by atomic mass is 16.6. The molecule has 0 saturated heterocycles. The zero-order valence-electron chi connectivity index (χ0n) is 11.0. The van der Waals surface area contributed by atoms with Gasteiger partial charge >= 0.3 is 0 Å². The van der Waals surface area contributed by atoms with Crippen LogP contribution in [0.1, 0.15) is 21.5 Å². The molecule has 0 saturated carbocycles. The van der Waals surface area contributed by atoms with Gasteiger partial charge in [0.2, 0.25) is 0 Å². The van der Waals surface area contributed by atoms with Crippen LogP contribution in [-0.2, 0) is 6.42 Å². The molecule has 0 radical (unpaired) electrons. The first-order chi connectivity index (χ1) is 9.59. The van der Waals surface area contributed by atoms with Crippen LogP contribution in [0.15, 0.2) is 41.2 Å². The van der Waals surface area contributed by atoms with Crippen molar-refractivity contribution in [2.75, 3.05) is 6.54 Å². The fourth-order valence-corrected chi connectivity index (χ4v) is 1.92. The molecular weight excluding hydrogens is 260 g/mol. The van der Waals surface area contributed by atoms with E-state index in [4.69, 9.17) is 4.42 Å². The van der Waals surface area contributed by atoms with Gasteiger partial charge in [-0.2, -0.15) is 0 Å². The van der Waals surface area contributed by atoms with E-state index in [-0.39, 0.29) is 11.6 Å². The number of rotatable bonds is 5. The summed E-state index contributed by atoms with van der Waals surface area (Å²) in [6.07, 6.45) is 3.84. The molecule has 0 spiro atoms. The van der Waals surface area contributed by atoms with Gasteiger partial charge in [-0.05, 0) is 31.0 Å². The van der Waals surface area contributed by atoms with Gasteiger partial charge in [-0.15, -0.1) is 0 Å². The zero-order valence-corrected chi connectivity index (χ0v) is 11.0. The lowest BCUT2D eigenvalue weighted by Gasteiger charge is -2.07. The van der Waals surface area contributed by atoms with Crippen molar-refractivity contribution in [3.05, 3.63) is 63.6 Å². The number of carbonyl (C=O) groups excluding carboxylic acids is 1. The van der Waals surface area contributed by atoms with Crippen molar-refractivity contribution in [1.29, 1.82) is 0 Å². The van der Waals surface area contributed by atoms with Crippen molar-refractivity contribution in [3.63, 3.8) is 0 Å². The maximum atomic E-state index is 12.0. The predicted molar refractivity (Wildman–Crippen MR) is 72.6 cm³/mol. The first kappa shape index (κ1) is 13.8. The highest BCUT2D eigenvalue weighted by Gasteiger charge is 2.17. The summed E-state index contributed by atoms with van der Waals surface area (Å²) >= 11 is 0. The normalized spacial score (nSPS) is 10.2. The van der Waals surface area contributed by atoms with Gasteiger partial charge in [0.25, 0.3) is 11.6 Å². The third kappa shape index (κ3) is 3.03. The highest BCUT2D eigenvalue weighted by molar-refractivity contribution is 5.96. The minimum absolute atomic E-state index is 0.0486. The molecule has 0 aliphatic rings. The van der Waals surface area contributed by atoms with Gasteiger partial charge in [-0.3, -0.25) is 14.9 Å². The summed E-state index contributed by atoms with van der Waals surface area (Å²) in [6, 6.07) is 6.30. The molecule has 6 nitrogen and oxygen atoms in total. The topological polar surface area (TPSA) is 85.4 Å². The van der Waals surface area contributed by atoms with Crippen LogP contribution < -0.4 is 5.32 Å². The van der Waals surface area contributed by atoms with Crippen molar-refractivity contribution >= 4 is 11.6 Å². The Hall–Kier alpha value is -2.63. The molecule has 1 heterocycles. The molecule has 0 aliphatic carbocycles. The Balaban J connectivity index is 2.02. The molecule has 20 heavy (non-hydrogen) atoms. The number of hydrogen-bond acceptors (Lipinski definition) is 4. The lowest BCUT2D eigenvalue weighted by Crippen LogP contribution is -2.26. The van der Waals surface area contributed by atoms with Crippen LogP contribution in [0.2, 0.25) is 0 Å². The molecule has 0 atom stereocenters. The average Bonchev–Trinajstić information content (AvgIpc) is 2.91. The minimum Gasteiger partial charge on any atom is -0.472 e. The van der Waals surface area contributed by atoms with Crippen LogP contribution in [-0.4, -0.2) is 17.4 Å². The van der Waals surface area contributed by atoms with Gasteiger partial charge in [0.15, 0.2) is 0 Å². The molecule has 0 aliphatic heterocycles. The Labute approximate surface area is 115 Å². The Morgan fingerprint density at radius 3 is 2.85 bits per heavy atom. The quantitative estimate of drug-likeness (QED) is 0.670. The highest BCUT2D eigenvalue weighted by Crippen LogP contribution is 2.20. The number of furan rings is 1. The van der Waals surface area contributed by atoms with Crippen LogP contribution in [0, 0.1) is 17.0 Å². The van der Waals surface area contributed by atoms with Crippen molar-refractivity contribution in [1.82, 2.24) is 5.32 Å². The number of carbonyl (C=O) groups is 1. The molecule has 2 aromatic rings. The molecule has 2 rings (SSSR count). The summed E-state index contributed by atoms with van der Waals surface area (Å²) < 4.78 is 4.93. The maximum Gasteiger partial charge on any atom is 0.273 e. The molecule has 104 valence electrons. The standard InChI is InChI=1S/C14H14N2O4/c1-10-12(3-2-4-13(10)16(18)19)14(17)15-7-5-11-6-8-20-9-11/h2-4,6,8-9H,5,7H2,1H3,(H,15,17). The summed E-state index contributed by atoms with van der Waals surface area (Å²) in [6.45, 7) is 2.02. The van der Waals surface area contributed by atoms with E-state index in [1.54, 1.807) is 25.5 Å². The van der Waals surface area contributed by atoms with Gasteiger partial charge < -0.3 is 9.73 Å². The third-order valence-corrected chi connectivity index (χ3v) is 3.03. The second-order valence-electron chi connectivity index (χ2n) is 4.34. The largest absolute Gasteiger partial charge is 0.472 e. The maximum absolute atomic E-state index is 12.0. The molecule has 6 heteroatoms. The Morgan fingerprint density at radius 2 is 2.20 bits per heavy atom. The molecular formula is C14H14N2O4. The monoisotopic (exact) mass is 274 g/mol. The summed E-state index contributed by atoms with van der Waals surface area (Å²) in [5, 5.41) is 13.6. The van der Waals surface area contributed by atoms with E-state index in [0.29, 0.717) is 24.1 Å². The van der Waals surface area contributed by atoms with Crippen LogP contribution in [0.3, 0.4) is 0 Å². The van der Waals surface area contributed by atoms with Gasteiger partial charge in [-0.1, -0.05) is 6.07 Å². The Kier molecular flexibility index (Phi) is 4.14. The number of nitro groups is 1. The molecule has 0 fully saturated rings. The Morgan fingerprint density at radius 1 is 1.40 bits per heavy atom. The van der Waals surface area contributed by atoms with Crippen LogP contribution in [0.4, 0.5) is 5.69 Å². The number of hydrogen-bond donors (Lipinski definition) is 1. The summed E-state index contributed by atoms with van der Waals surface area (Å²) in [5.41, 5.74) is 1.64. The lowest BCUT2D eigenvalue weighted by atomic mass is 10.1. The average molecular weight is 274 g/mol. The fourth-order valence-electron chi connectivity index (χ4n) is 1.92. The minimum atomic E-state index is -0.489. The second-order valence-corrected chi connectivity index (χ2v) is 4.34. The molecule has 1 N–H and O–H groups in total. The summed E-state index contributed by atoms with van der Waals surface area (Å²) in [4.78, 5) is 22.4. The van der Waals surface area contributed by atoms with Crippen LogP contribution in [0.25, 0.3) is 0 Å². The lowest BCUT2D eigenvalue weighted by molar-refractivity contribution is -0.385. The second kappa shape index (κ2) is 6.01. The van der Waals surface area contributed by atoms with E-state index >= 15 is 0 Å². The van der Waals surface area contributed by atoms with Gasteiger partial charge in [0.1, 0.15) is 0 Å². The molecule has 1 aromatic heterocycles. The predicted octanol–water partition coefficient (Wildman–Crippen LogP) is 2.47. The van der Waals surface area contributed by atoms with E-state index in [0.717, 1.165) is 5.56 Å². The molecule has 0 unspecified atom stereocenters. The van der Waals surface area contributed by atoms with Gasteiger partial charge in [0, 0.05) is 23.7 Å². The first-order valence-corrected chi connectivity index (χ1v) is 6.13. The van der Waals surface area contributed by atoms with E-state index in [1.807, 2.05) is 6.07 Å². The number of amides is 1. The molecule has 0 bridgehead atoms. The molecule has 1 aromatic carbocycles. The number of nitrogens with zero attached hydrogens (tertiary/aromatic N) is 1. The van der Waals surface area contributed by atoms with E-state index < -0.39 is 4.92 Å². The van der Waals surface area contributed by atoms with E-state index in [9.17, 15) is 14.9 Å². The van der Waals surface area contributed by atoms with Gasteiger partial charge in [0.05, 0.1) is 17.4 Å². The zero-order chi connectivity index (χ0) is 14.5. The number of nitrogens with one attached hydrogen (secondary N) is 1. The van der Waals surface area contributed by atoms with E-state index in [2.05, 4.69) is 5.32 Å². The van der Waals surface area contributed by atoms with Crippen molar-refractivity contribution in [3.8, 4) is 0 Å². The van der Waals surface area contributed by atoms with Crippen LogP contribution >= 0.6 is 0 Å². The number of nitro benzene ring substituents is 1. The van der Waals surface area contributed by atoms with E-state index in [1.165, 1.54) is 12.1 Å².